The molecule has 0 fully saturated rings. The Labute approximate surface area is 181 Å². The summed E-state index contributed by atoms with van der Waals surface area (Å²) in [4.78, 5) is 36.0. The number of hydrogen-bond acceptors (Lipinski definition) is 5. The summed E-state index contributed by atoms with van der Waals surface area (Å²) in [7, 11) is 0. The van der Waals surface area contributed by atoms with Crippen molar-refractivity contribution >= 4 is 46.2 Å². The van der Waals surface area contributed by atoms with Gasteiger partial charge in [-0.05, 0) is 62.1 Å². The van der Waals surface area contributed by atoms with Gasteiger partial charge >= 0.3 is 0 Å². The number of hydrogen-bond donors (Lipinski definition) is 0. The predicted octanol–water partition coefficient (Wildman–Crippen LogP) is 4.60. The third kappa shape index (κ3) is 4.34. The highest BCUT2D eigenvalue weighted by Gasteiger charge is 2.23. The molecule has 2 aromatic heterocycles. The van der Waals surface area contributed by atoms with Gasteiger partial charge in [0, 0.05) is 27.4 Å². The molecule has 29 heavy (non-hydrogen) atoms. The average Bonchev–Trinajstić information content (AvgIpc) is 3.11. The van der Waals surface area contributed by atoms with Crippen LogP contribution in [0, 0.1) is 0 Å². The van der Waals surface area contributed by atoms with Crippen LogP contribution in [0.5, 0.6) is 0 Å². The molecule has 2 heterocycles. The number of thiazole rings is 1. The maximum Gasteiger partial charge on any atom is 0.283 e. The van der Waals surface area contributed by atoms with Gasteiger partial charge in [-0.3, -0.25) is 19.1 Å². The molecule has 8 heteroatoms. The molecule has 0 aliphatic heterocycles. The first-order valence-corrected chi connectivity index (χ1v) is 10.8. The molecule has 0 spiro atoms. The van der Waals surface area contributed by atoms with Gasteiger partial charge in [0.25, 0.3) is 5.91 Å². The highest BCUT2D eigenvalue weighted by Crippen LogP contribution is 2.24. The summed E-state index contributed by atoms with van der Waals surface area (Å²) in [5, 5.41) is 1.04. The Hall–Kier alpha value is -2.28. The van der Waals surface area contributed by atoms with Crippen LogP contribution in [0.4, 0.5) is 0 Å². The summed E-state index contributed by atoms with van der Waals surface area (Å²) < 4.78 is 1.62. The Morgan fingerprint density at radius 2 is 1.76 bits per heavy atom. The molecule has 0 atom stereocenters. The number of ketones is 1. The maximum absolute atomic E-state index is 13.2. The minimum atomic E-state index is -0.251. The molecule has 1 aliphatic carbocycles. The maximum atomic E-state index is 13.2. The van der Waals surface area contributed by atoms with E-state index in [9.17, 15) is 9.59 Å². The number of fused-ring (bicyclic) bond motifs is 1. The summed E-state index contributed by atoms with van der Waals surface area (Å²) in [6, 6.07) is 9.95. The highest BCUT2D eigenvalue weighted by molar-refractivity contribution is 7.09. The number of benzene rings is 1. The lowest BCUT2D eigenvalue weighted by Gasteiger charge is -2.13. The van der Waals surface area contributed by atoms with Crippen LogP contribution in [0.3, 0.4) is 0 Å². The number of pyridine rings is 1. The molecule has 0 N–H and O–H groups in total. The highest BCUT2D eigenvalue weighted by atomic mass is 35.5. The first-order chi connectivity index (χ1) is 14.0. The minimum absolute atomic E-state index is 0.0393. The summed E-state index contributed by atoms with van der Waals surface area (Å²) >= 11 is 13.3. The molecular formula is C21H17Cl2N3O2S. The number of carbonyl (C=O) groups is 2. The largest absolute Gasteiger partial charge is 0.292 e. The summed E-state index contributed by atoms with van der Waals surface area (Å²) in [6.45, 7) is -0.0393. The molecule has 0 saturated carbocycles. The van der Waals surface area contributed by atoms with Crippen LogP contribution in [0.25, 0.3) is 0 Å². The SMILES string of the molecule is O=C(CN=c1sc2c(n1C(=O)c1ccc(Cl)cn1)CCCC2)c1ccc(Cl)cc1. The Balaban J connectivity index is 1.71. The van der Waals surface area contributed by atoms with Crippen molar-refractivity contribution in [1.29, 1.82) is 0 Å². The number of aryl methyl sites for hydroxylation is 1. The van der Waals surface area contributed by atoms with Gasteiger partial charge in [0.05, 0.1) is 5.02 Å². The number of carbonyl (C=O) groups excluding carboxylic acids is 2. The summed E-state index contributed by atoms with van der Waals surface area (Å²) in [5.41, 5.74) is 1.81. The molecule has 0 amide bonds. The quantitative estimate of drug-likeness (QED) is 0.551. The van der Waals surface area contributed by atoms with Gasteiger partial charge in [0.15, 0.2) is 10.6 Å². The van der Waals surface area contributed by atoms with Crippen molar-refractivity contribution in [3.63, 3.8) is 0 Å². The zero-order chi connectivity index (χ0) is 20.4. The zero-order valence-electron chi connectivity index (χ0n) is 15.4. The van der Waals surface area contributed by atoms with Crippen LogP contribution in [-0.4, -0.2) is 27.8 Å². The predicted molar refractivity (Wildman–Crippen MR) is 114 cm³/mol. The minimum Gasteiger partial charge on any atom is -0.292 e. The number of aromatic nitrogens is 2. The molecule has 0 unspecified atom stereocenters. The molecule has 0 bridgehead atoms. The fourth-order valence-electron chi connectivity index (χ4n) is 3.28. The van der Waals surface area contributed by atoms with Gasteiger partial charge < -0.3 is 0 Å². The third-order valence-electron chi connectivity index (χ3n) is 4.74. The van der Waals surface area contributed by atoms with E-state index in [1.807, 2.05) is 0 Å². The third-order valence-corrected chi connectivity index (χ3v) is 6.39. The Kier molecular flexibility index (Phi) is 5.94. The van der Waals surface area contributed by atoms with E-state index in [4.69, 9.17) is 23.2 Å². The molecule has 148 valence electrons. The number of halogens is 2. The van der Waals surface area contributed by atoms with Crippen LogP contribution in [0.2, 0.25) is 10.0 Å². The van der Waals surface area contributed by atoms with Crippen LogP contribution in [0.15, 0.2) is 47.6 Å². The standard InChI is InChI=1S/C21H17Cl2N3O2S/c22-14-7-5-13(6-8-14)18(27)12-25-21-26(17-3-1-2-4-19(17)29-21)20(28)16-10-9-15(23)11-24-16/h5-11H,1-4,12H2. The lowest BCUT2D eigenvalue weighted by molar-refractivity contribution is 0.0944. The van der Waals surface area contributed by atoms with Gasteiger partial charge in [0.1, 0.15) is 12.2 Å². The second kappa shape index (κ2) is 8.61. The zero-order valence-corrected chi connectivity index (χ0v) is 17.7. The van der Waals surface area contributed by atoms with Gasteiger partial charge in [-0.25, -0.2) is 4.98 Å². The van der Waals surface area contributed by atoms with Gasteiger partial charge in [-0.2, -0.15) is 0 Å². The molecule has 0 radical (unpaired) electrons. The van der Waals surface area contributed by atoms with E-state index >= 15 is 0 Å². The van der Waals surface area contributed by atoms with Crippen molar-refractivity contribution in [2.75, 3.05) is 6.54 Å². The van der Waals surface area contributed by atoms with Crippen LogP contribution < -0.4 is 4.80 Å². The molecule has 0 saturated heterocycles. The monoisotopic (exact) mass is 445 g/mol. The molecule has 3 aromatic rings. The molecule has 4 rings (SSSR count). The molecule has 1 aromatic carbocycles. The Bertz CT molecular complexity index is 1130. The van der Waals surface area contributed by atoms with Crippen molar-refractivity contribution < 1.29 is 9.59 Å². The van der Waals surface area contributed by atoms with E-state index in [1.165, 1.54) is 17.5 Å². The molecular weight excluding hydrogens is 429 g/mol. The van der Waals surface area contributed by atoms with Gasteiger partial charge in [-0.15, -0.1) is 11.3 Å². The lowest BCUT2D eigenvalue weighted by Crippen LogP contribution is -2.28. The van der Waals surface area contributed by atoms with E-state index in [0.29, 0.717) is 26.1 Å². The Morgan fingerprint density at radius 1 is 1.03 bits per heavy atom. The van der Waals surface area contributed by atoms with Gasteiger partial charge in [-0.1, -0.05) is 23.2 Å². The molecule has 1 aliphatic rings. The van der Waals surface area contributed by atoms with Crippen molar-refractivity contribution in [3.8, 4) is 0 Å². The van der Waals surface area contributed by atoms with E-state index < -0.39 is 0 Å². The second-order valence-electron chi connectivity index (χ2n) is 6.71. The number of rotatable bonds is 4. The number of nitrogens with zero attached hydrogens (tertiary/aromatic N) is 3. The summed E-state index contributed by atoms with van der Waals surface area (Å²) in [6.07, 6.45) is 5.29. The van der Waals surface area contributed by atoms with E-state index in [0.717, 1.165) is 36.3 Å². The molecule has 5 nitrogen and oxygen atoms in total. The fraction of sp³-hybridized carbons (Fsp3) is 0.238. The van der Waals surface area contributed by atoms with Crippen LogP contribution in [0.1, 0.15) is 44.3 Å². The first-order valence-electron chi connectivity index (χ1n) is 9.22. The average molecular weight is 446 g/mol. The topological polar surface area (TPSA) is 64.3 Å². The van der Waals surface area contributed by atoms with Crippen molar-refractivity contribution in [2.45, 2.75) is 25.7 Å². The fourth-order valence-corrected chi connectivity index (χ4v) is 4.70. The van der Waals surface area contributed by atoms with Gasteiger partial charge in [0.2, 0.25) is 0 Å². The summed E-state index contributed by atoms with van der Waals surface area (Å²) in [5.74, 6) is -0.379. The van der Waals surface area contributed by atoms with Crippen LogP contribution in [-0.2, 0) is 12.8 Å². The van der Waals surface area contributed by atoms with E-state index in [2.05, 4.69) is 9.98 Å². The van der Waals surface area contributed by atoms with E-state index in [-0.39, 0.29) is 18.2 Å². The normalized spacial score (nSPS) is 13.9. The van der Waals surface area contributed by atoms with Crippen molar-refractivity contribution in [1.82, 2.24) is 9.55 Å². The van der Waals surface area contributed by atoms with E-state index in [1.54, 1.807) is 41.0 Å². The smallest absolute Gasteiger partial charge is 0.283 e. The second-order valence-corrected chi connectivity index (χ2v) is 8.65. The van der Waals surface area contributed by atoms with Crippen molar-refractivity contribution in [3.05, 3.63) is 79.3 Å². The van der Waals surface area contributed by atoms with Crippen LogP contribution >= 0.6 is 34.5 Å². The first kappa shape index (κ1) is 20.0. The number of Topliss-reactive ketones (excluding diaryl/α,β-unsaturated/α-hetero) is 1. The van der Waals surface area contributed by atoms with Crippen molar-refractivity contribution in [2.24, 2.45) is 4.99 Å². The Morgan fingerprint density at radius 3 is 2.48 bits per heavy atom. The lowest BCUT2D eigenvalue weighted by atomic mass is 10.0.